The maximum atomic E-state index is 14.0. The van der Waals surface area contributed by atoms with Crippen LogP contribution in [-0.2, 0) is 0 Å². The summed E-state index contributed by atoms with van der Waals surface area (Å²) in [7, 11) is 0. The third-order valence-corrected chi connectivity index (χ3v) is 3.79. The fourth-order valence-corrected chi connectivity index (χ4v) is 2.60. The van der Waals surface area contributed by atoms with Crippen LogP contribution in [0.4, 0.5) is 19.0 Å². The van der Waals surface area contributed by atoms with Gasteiger partial charge in [0, 0.05) is 5.56 Å². The molecule has 3 rings (SSSR count). The smallest absolute Gasteiger partial charge is 0.207 e. The summed E-state index contributed by atoms with van der Waals surface area (Å²) in [6, 6.07) is 3.97. The molecule has 0 unspecified atom stereocenters. The van der Waals surface area contributed by atoms with Gasteiger partial charge < -0.3 is 10.6 Å². The van der Waals surface area contributed by atoms with E-state index in [9.17, 15) is 8.78 Å². The Morgan fingerprint density at radius 1 is 0.952 bits per heavy atom. The largest absolute Gasteiger partial charge is 0.336 e. The maximum Gasteiger partial charge on any atom is 0.207 e. The molecule has 0 aliphatic heterocycles. The third-order valence-electron chi connectivity index (χ3n) is 2.55. The Bertz CT molecular complexity index is 667. The maximum absolute atomic E-state index is 14.0. The summed E-state index contributed by atoms with van der Waals surface area (Å²) in [5.74, 6) is -1.85. The molecule has 0 spiro atoms. The van der Waals surface area contributed by atoms with Crippen molar-refractivity contribution in [2.75, 3.05) is 10.6 Å². The summed E-state index contributed by atoms with van der Waals surface area (Å²) in [5.41, 5.74) is 3.18. The van der Waals surface area contributed by atoms with Crippen LogP contribution in [0.25, 0.3) is 0 Å². The molecule has 0 atom stereocenters. The molecule has 0 aliphatic rings. The number of halogens is 2. The van der Waals surface area contributed by atoms with Crippen LogP contribution in [0.1, 0.15) is 11.7 Å². The Balaban J connectivity index is 1.92. The third kappa shape index (κ3) is 3.11. The molecule has 2 aromatic heterocycles. The number of hydrogen-bond acceptors (Lipinski definition) is 8. The van der Waals surface area contributed by atoms with Gasteiger partial charge in [-0.1, -0.05) is 34.8 Å². The van der Waals surface area contributed by atoms with Gasteiger partial charge in [-0.15, -0.1) is 20.4 Å². The topological polar surface area (TPSA) is 75.6 Å². The molecule has 0 aliphatic carbocycles. The van der Waals surface area contributed by atoms with Crippen molar-refractivity contribution in [3.05, 3.63) is 46.4 Å². The molecule has 0 amide bonds. The highest BCUT2D eigenvalue weighted by Gasteiger charge is 2.20. The summed E-state index contributed by atoms with van der Waals surface area (Å²) in [5, 5.41) is 21.9. The molecule has 10 heteroatoms. The van der Waals surface area contributed by atoms with Crippen LogP contribution >= 0.6 is 22.7 Å². The lowest BCUT2D eigenvalue weighted by Crippen LogP contribution is -2.21. The lowest BCUT2D eigenvalue weighted by Gasteiger charge is -2.19. The first-order valence-electron chi connectivity index (χ1n) is 5.73. The Kier molecular flexibility index (Phi) is 3.97. The van der Waals surface area contributed by atoms with Gasteiger partial charge in [0.25, 0.3) is 0 Å². The first kappa shape index (κ1) is 13.8. The molecule has 0 radical (unpaired) electrons. The number of rotatable bonds is 5. The van der Waals surface area contributed by atoms with Gasteiger partial charge in [0.1, 0.15) is 17.2 Å². The fraction of sp³-hybridized carbons (Fsp3) is 0.0909. The van der Waals surface area contributed by atoms with Crippen LogP contribution in [0.3, 0.4) is 0 Å². The van der Waals surface area contributed by atoms with E-state index in [1.54, 1.807) is 0 Å². The van der Waals surface area contributed by atoms with E-state index in [-0.39, 0.29) is 5.56 Å². The molecule has 21 heavy (non-hydrogen) atoms. The van der Waals surface area contributed by atoms with E-state index in [1.807, 2.05) is 0 Å². The minimum atomic E-state index is -0.934. The predicted molar refractivity (Wildman–Crippen MR) is 76.2 cm³/mol. The summed E-state index contributed by atoms with van der Waals surface area (Å²) in [6.45, 7) is 0. The van der Waals surface area contributed by atoms with Gasteiger partial charge in [-0.3, -0.25) is 0 Å². The second kappa shape index (κ2) is 6.06. The van der Waals surface area contributed by atoms with Crippen LogP contribution in [-0.4, -0.2) is 20.4 Å². The quantitative estimate of drug-likeness (QED) is 0.702. The Hall–Kier alpha value is -2.20. The van der Waals surface area contributed by atoms with E-state index < -0.39 is 17.8 Å². The first-order chi connectivity index (χ1) is 10.2. The molecular formula is C11H8F2N6S2. The van der Waals surface area contributed by atoms with E-state index >= 15 is 0 Å². The van der Waals surface area contributed by atoms with Crippen LogP contribution in [0.5, 0.6) is 0 Å². The molecule has 6 nitrogen and oxygen atoms in total. The van der Waals surface area contributed by atoms with Gasteiger partial charge in [0.2, 0.25) is 10.3 Å². The van der Waals surface area contributed by atoms with E-state index in [0.29, 0.717) is 10.3 Å². The first-order valence-corrected chi connectivity index (χ1v) is 7.49. The molecule has 2 heterocycles. The van der Waals surface area contributed by atoms with Crippen molar-refractivity contribution in [3.8, 4) is 0 Å². The van der Waals surface area contributed by atoms with Crippen molar-refractivity contribution in [2.24, 2.45) is 0 Å². The Morgan fingerprint density at radius 3 is 2.10 bits per heavy atom. The molecule has 1 aromatic carbocycles. The van der Waals surface area contributed by atoms with E-state index in [4.69, 9.17) is 0 Å². The molecule has 0 saturated heterocycles. The van der Waals surface area contributed by atoms with Gasteiger partial charge in [-0.05, 0) is 6.07 Å². The number of aromatic nitrogens is 4. The highest BCUT2D eigenvalue weighted by atomic mass is 32.1. The zero-order valence-electron chi connectivity index (χ0n) is 10.3. The number of benzene rings is 1. The number of nitrogens with zero attached hydrogens (tertiary/aromatic N) is 4. The normalized spacial score (nSPS) is 10.8. The van der Waals surface area contributed by atoms with Gasteiger partial charge >= 0.3 is 0 Å². The summed E-state index contributed by atoms with van der Waals surface area (Å²) in [6.07, 6.45) is -0.749. The molecule has 0 bridgehead atoms. The lowest BCUT2D eigenvalue weighted by molar-refractivity contribution is 0.495. The molecular weight excluding hydrogens is 318 g/mol. The van der Waals surface area contributed by atoms with Crippen molar-refractivity contribution in [3.63, 3.8) is 0 Å². The van der Waals surface area contributed by atoms with Crippen molar-refractivity contribution in [1.29, 1.82) is 0 Å². The monoisotopic (exact) mass is 326 g/mol. The zero-order valence-corrected chi connectivity index (χ0v) is 12.0. The summed E-state index contributed by atoms with van der Waals surface area (Å²) in [4.78, 5) is 0. The average molecular weight is 326 g/mol. The van der Waals surface area contributed by atoms with Gasteiger partial charge in [0.15, 0.2) is 11.6 Å². The van der Waals surface area contributed by atoms with E-state index in [2.05, 4.69) is 31.0 Å². The lowest BCUT2D eigenvalue weighted by atomic mass is 10.1. The number of nitrogens with one attached hydrogen (secondary N) is 2. The van der Waals surface area contributed by atoms with Crippen LogP contribution in [0, 0.1) is 11.6 Å². The second-order valence-corrected chi connectivity index (χ2v) is 5.52. The minimum Gasteiger partial charge on any atom is -0.336 e. The zero-order chi connectivity index (χ0) is 14.7. The van der Waals surface area contributed by atoms with Gasteiger partial charge in [-0.2, -0.15) is 0 Å². The molecule has 2 N–H and O–H groups in total. The fourth-order valence-electron chi connectivity index (χ4n) is 1.65. The highest BCUT2D eigenvalue weighted by Crippen LogP contribution is 2.26. The van der Waals surface area contributed by atoms with E-state index in [0.717, 1.165) is 6.07 Å². The average Bonchev–Trinajstić information content (AvgIpc) is 3.15. The Morgan fingerprint density at radius 2 is 1.57 bits per heavy atom. The van der Waals surface area contributed by atoms with Crippen molar-refractivity contribution in [1.82, 2.24) is 20.4 Å². The Labute approximate surface area is 125 Å². The van der Waals surface area contributed by atoms with Crippen LogP contribution in [0.2, 0.25) is 0 Å². The van der Waals surface area contributed by atoms with Crippen LogP contribution in [0.15, 0.2) is 29.2 Å². The minimum absolute atomic E-state index is 0.111. The van der Waals surface area contributed by atoms with E-state index in [1.165, 1.54) is 45.8 Å². The molecule has 0 fully saturated rings. The SMILES string of the molecule is Fc1cccc(C(Nc2nncs2)Nc2nncs2)c1F. The predicted octanol–water partition coefficient (Wildman–Crippen LogP) is 2.89. The van der Waals surface area contributed by atoms with Crippen LogP contribution < -0.4 is 10.6 Å². The van der Waals surface area contributed by atoms with Crippen molar-refractivity contribution in [2.45, 2.75) is 6.17 Å². The van der Waals surface area contributed by atoms with Gasteiger partial charge in [0.05, 0.1) is 0 Å². The summed E-state index contributed by atoms with van der Waals surface area (Å²) < 4.78 is 27.4. The second-order valence-electron chi connectivity index (χ2n) is 3.85. The number of anilines is 2. The standard InChI is InChI=1S/C11H8F2N6S2/c12-7-3-1-2-6(8(7)13)9(16-10-18-14-4-20-10)17-11-19-15-5-21-11/h1-5,9H,(H,16,18)(H,17,19). The van der Waals surface area contributed by atoms with Crippen molar-refractivity contribution >= 4 is 32.9 Å². The van der Waals surface area contributed by atoms with Gasteiger partial charge in [-0.25, -0.2) is 8.78 Å². The number of hydrogen-bond donors (Lipinski definition) is 2. The molecule has 3 aromatic rings. The molecule has 0 saturated carbocycles. The summed E-state index contributed by atoms with van der Waals surface area (Å²) >= 11 is 2.49. The highest BCUT2D eigenvalue weighted by molar-refractivity contribution is 7.13. The van der Waals surface area contributed by atoms with Crippen molar-refractivity contribution < 1.29 is 8.78 Å². The molecule has 108 valence electrons.